The molecule has 0 radical (unpaired) electrons. The molecule has 0 saturated carbocycles. The van der Waals surface area contributed by atoms with Crippen LogP contribution in [0, 0.1) is 0 Å². The van der Waals surface area contributed by atoms with Gasteiger partial charge in [-0.3, -0.25) is 9.69 Å². The molecule has 1 fully saturated rings. The maximum Gasteiger partial charge on any atom is 0.490 e. The van der Waals surface area contributed by atoms with Crippen molar-refractivity contribution >= 4 is 28.9 Å². The smallest absolute Gasteiger partial charge is 0.490 e. The van der Waals surface area contributed by atoms with Gasteiger partial charge in [0.25, 0.3) is 5.91 Å². The molecule has 1 amide bonds. The van der Waals surface area contributed by atoms with Crippen LogP contribution in [-0.2, 0) is 11.3 Å². The number of hydrogen-bond donors (Lipinski definition) is 2. The first-order chi connectivity index (χ1) is 18.5. The summed E-state index contributed by atoms with van der Waals surface area (Å²) in [6.45, 7) is 2.82. The van der Waals surface area contributed by atoms with Crippen molar-refractivity contribution in [2.75, 3.05) is 39.2 Å². The first-order valence-electron chi connectivity index (χ1n) is 12.3. The van der Waals surface area contributed by atoms with E-state index in [-0.39, 0.29) is 11.9 Å². The number of amides is 1. The lowest BCUT2D eigenvalue weighted by atomic mass is 10.0. The number of nitrogens with zero attached hydrogens (tertiary/aromatic N) is 2. The summed E-state index contributed by atoms with van der Waals surface area (Å²) in [6.07, 6.45) is -3.16. The molecule has 1 aliphatic rings. The highest BCUT2D eigenvalue weighted by Crippen LogP contribution is 2.30. The number of aliphatic carboxylic acids is 1. The zero-order valence-corrected chi connectivity index (χ0v) is 22.8. The SMILES string of the molecule is COc1ccccc1CN1CCC(NC(=O)c2ccc(-c3ccc(N(C)C)cc3)s2)CC1.O=C(O)C(F)(F)F. The Kier molecular flexibility index (Phi) is 10.4. The van der Waals surface area contributed by atoms with E-state index in [0.717, 1.165) is 53.5 Å². The van der Waals surface area contributed by atoms with Gasteiger partial charge in [-0.25, -0.2) is 4.79 Å². The number of ether oxygens (including phenoxy) is 1. The number of hydrogen-bond acceptors (Lipinski definition) is 6. The number of piperidine rings is 1. The summed E-state index contributed by atoms with van der Waals surface area (Å²) >= 11 is 1.55. The Hall–Kier alpha value is -3.57. The lowest BCUT2D eigenvalue weighted by Gasteiger charge is -2.32. The van der Waals surface area contributed by atoms with Crippen LogP contribution in [0.4, 0.5) is 18.9 Å². The highest BCUT2D eigenvalue weighted by Gasteiger charge is 2.38. The van der Waals surface area contributed by atoms with Crippen LogP contribution in [0.25, 0.3) is 10.4 Å². The number of carboxylic acids is 1. The molecule has 3 aromatic rings. The minimum absolute atomic E-state index is 0.0364. The Bertz CT molecular complexity index is 1240. The number of carboxylic acid groups (broad SMARTS) is 1. The molecule has 0 spiro atoms. The summed E-state index contributed by atoms with van der Waals surface area (Å²) in [5, 5.41) is 10.4. The zero-order valence-electron chi connectivity index (χ0n) is 22.0. The molecule has 1 aliphatic heterocycles. The summed E-state index contributed by atoms with van der Waals surface area (Å²) in [4.78, 5) is 28.1. The average Bonchev–Trinajstić information content (AvgIpc) is 3.41. The number of methoxy groups -OCH3 is 1. The van der Waals surface area contributed by atoms with Gasteiger partial charge in [0, 0.05) is 55.9 Å². The van der Waals surface area contributed by atoms with Gasteiger partial charge in [0.1, 0.15) is 5.75 Å². The van der Waals surface area contributed by atoms with E-state index in [2.05, 4.69) is 51.5 Å². The molecule has 0 aliphatic carbocycles. The van der Waals surface area contributed by atoms with E-state index in [0.29, 0.717) is 0 Å². The molecule has 4 rings (SSSR count). The molecule has 11 heteroatoms. The summed E-state index contributed by atoms with van der Waals surface area (Å²) < 4.78 is 37.2. The molecule has 2 heterocycles. The van der Waals surface area contributed by atoms with E-state index >= 15 is 0 Å². The Morgan fingerprint density at radius 1 is 1.05 bits per heavy atom. The Labute approximate surface area is 229 Å². The number of nitrogens with one attached hydrogen (secondary N) is 1. The minimum atomic E-state index is -5.08. The molecular weight excluding hydrogens is 531 g/mol. The van der Waals surface area contributed by atoms with Gasteiger partial charge in [0.15, 0.2) is 0 Å². The van der Waals surface area contributed by atoms with Crippen LogP contribution in [0.15, 0.2) is 60.7 Å². The van der Waals surface area contributed by atoms with Crippen molar-refractivity contribution in [2.45, 2.75) is 31.6 Å². The average molecular weight is 564 g/mol. The third-order valence-electron chi connectivity index (χ3n) is 6.25. The molecule has 7 nitrogen and oxygen atoms in total. The van der Waals surface area contributed by atoms with Crippen LogP contribution in [0.2, 0.25) is 0 Å². The number of carbonyl (C=O) groups excluding carboxylic acids is 1. The van der Waals surface area contributed by atoms with Crippen LogP contribution in [0.1, 0.15) is 28.1 Å². The van der Waals surface area contributed by atoms with E-state index in [9.17, 15) is 18.0 Å². The van der Waals surface area contributed by atoms with Gasteiger partial charge in [0.2, 0.25) is 0 Å². The predicted molar refractivity (Wildman–Crippen MR) is 147 cm³/mol. The molecule has 1 saturated heterocycles. The van der Waals surface area contributed by atoms with E-state index in [4.69, 9.17) is 14.6 Å². The van der Waals surface area contributed by atoms with Crippen molar-refractivity contribution in [3.63, 3.8) is 0 Å². The fourth-order valence-corrected chi connectivity index (χ4v) is 5.02. The van der Waals surface area contributed by atoms with Gasteiger partial charge in [-0.2, -0.15) is 13.2 Å². The van der Waals surface area contributed by atoms with Crippen molar-refractivity contribution in [1.29, 1.82) is 0 Å². The second kappa shape index (κ2) is 13.5. The lowest BCUT2D eigenvalue weighted by Crippen LogP contribution is -2.44. The number of rotatable bonds is 7. The normalized spacial score (nSPS) is 14.2. The third-order valence-corrected chi connectivity index (χ3v) is 7.38. The molecule has 0 bridgehead atoms. The molecular formula is C28H32F3N3O4S. The van der Waals surface area contributed by atoms with Crippen LogP contribution < -0.4 is 15.0 Å². The lowest BCUT2D eigenvalue weighted by molar-refractivity contribution is -0.192. The molecule has 0 unspecified atom stereocenters. The number of alkyl halides is 3. The quantitative estimate of drug-likeness (QED) is 0.394. The summed E-state index contributed by atoms with van der Waals surface area (Å²) in [5.74, 6) is -1.78. The number of para-hydroxylation sites is 1. The Balaban J connectivity index is 0.000000532. The van der Waals surface area contributed by atoms with Crippen molar-refractivity contribution < 1.29 is 32.6 Å². The second-order valence-electron chi connectivity index (χ2n) is 9.24. The van der Waals surface area contributed by atoms with Crippen molar-refractivity contribution in [1.82, 2.24) is 10.2 Å². The van der Waals surface area contributed by atoms with Gasteiger partial charge >= 0.3 is 12.1 Å². The Morgan fingerprint density at radius 3 is 2.23 bits per heavy atom. The maximum absolute atomic E-state index is 12.8. The van der Waals surface area contributed by atoms with Crippen LogP contribution in [-0.4, -0.2) is 68.4 Å². The minimum Gasteiger partial charge on any atom is -0.496 e. The highest BCUT2D eigenvalue weighted by atomic mass is 32.1. The van der Waals surface area contributed by atoms with Gasteiger partial charge in [-0.1, -0.05) is 30.3 Å². The summed E-state index contributed by atoms with van der Waals surface area (Å²) in [7, 11) is 5.78. The van der Waals surface area contributed by atoms with Crippen molar-refractivity contribution in [2.24, 2.45) is 0 Å². The number of anilines is 1. The molecule has 0 atom stereocenters. The fraction of sp³-hybridized carbons (Fsp3) is 0.357. The second-order valence-corrected chi connectivity index (χ2v) is 10.3. The standard InChI is InChI=1S/C26H31N3O2S.C2HF3O2/c1-28(2)22-10-8-19(9-11-22)24-12-13-25(32-24)26(30)27-21-14-16-29(17-15-21)18-20-6-4-5-7-23(20)31-3;3-2(4,5)1(6)7/h4-13,21H,14-18H2,1-3H3,(H,27,30);(H,6,7). The molecule has 210 valence electrons. The maximum atomic E-state index is 12.8. The Morgan fingerprint density at radius 2 is 1.67 bits per heavy atom. The first-order valence-corrected chi connectivity index (χ1v) is 13.1. The largest absolute Gasteiger partial charge is 0.496 e. The number of likely N-dealkylation sites (tertiary alicyclic amines) is 1. The van der Waals surface area contributed by atoms with E-state index in [1.54, 1.807) is 18.4 Å². The molecule has 39 heavy (non-hydrogen) atoms. The van der Waals surface area contributed by atoms with Gasteiger partial charge < -0.3 is 20.1 Å². The fourth-order valence-electron chi connectivity index (χ4n) is 4.11. The topological polar surface area (TPSA) is 82.1 Å². The van der Waals surface area contributed by atoms with E-state index < -0.39 is 12.1 Å². The highest BCUT2D eigenvalue weighted by molar-refractivity contribution is 7.17. The molecule has 2 aromatic carbocycles. The number of benzene rings is 2. The summed E-state index contributed by atoms with van der Waals surface area (Å²) in [6, 6.07) is 20.8. The van der Waals surface area contributed by atoms with Crippen molar-refractivity contribution in [3.05, 3.63) is 71.1 Å². The first kappa shape index (κ1) is 30.0. The van der Waals surface area contributed by atoms with Crippen LogP contribution in [0.5, 0.6) is 5.75 Å². The number of thiophene rings is 1. The zero-order chi connectivity index (χ0) is 28.6. The number of carbonyl (C=O) groups is 2. The van der Waals surface area contributed by atoms with Gasteiger partial charge in [-0.15, -0.1) is 11.3 Å². The van der Waals surface area contributed by atoms with Gasteiger partial charge in [0.05, 0.1) is 12.0 Å². The van der Waals surface area contributed by atoms with Gasteiger partial charge in [-0.05, 0) is 48.7 Å². The van der Waals surface area contributed by atoms with Crippen LogP contribution >= 0.6 is 11.3 Å². The molecule has 2 N–H and O–H groups in total. The van der Waals surface area contributed by atoms with Crippen LogP contribution in [0.3, 0.4) is 0 Å². The van der Waals surface area contributed by atoms with Crippen molar-refractivity contribution in [3.8, 4) is 16.2 Å². The van der Waals surface area contributed by atoms with E-state index in [1.165, 1.54) is 11.3 Å². The summed E-state index contributed by atoms with van der Waals surface area (Å²) in [5.41, 5.74) is 3.52. The third kappa shape index (κ3) is 8.72. The molecule has 1 aromatic heterocycles. The monoisotopic (exact) mass is 563 g/mol. The van der Waals surface area contributed by atoms with E-state index in [1.807, 2.05) is 38.4 Å². The predicted octanol–water partition coefficient (Wildman–Crippen LogP) is 5.52. The number of halogens is 3.